The first-order chi connectivity index (χ1) is 13.7. The first kappa shape index (κ1) is 26.7. The number of ether oxygens (including phenoxy) is 2. The molecule has 11 heteroatoms. The van der Waals surface area contributed by atoms with Gasteiger partial charge in [0.2, 0.25) is 0 Å². The van der Waals surface area contributed by atoms with Crippen molar-refractivity contribution in [2.75, 3.05) is 23.9 Å². The summed E-state index contributed by atoms with van der Waals surface area (Å²) in [5.74, 6) is 0.915. The van der Waals surface area contributed by atoms with Crippen LogP contribution in [0.5, 0.6) is 11.5 Å². The van der Waals surface area contributed by atoms with E-state index < -0.39 is 0 Å². The van der Waals surface area contributed by atoms with Gasteiger partial charge in [-0.25, -0.2) is 0 Å². The molecule has 2 atom stereocenters. The van der Waals surface area contributed by atoms with Gasteiger partial charge in [-0.15, -0.1) is 0 Å². The normalized spacial score (nSPS) is 13.2. The van der Waals surface area contributed by atoms with Crippen LogP contribution in [-0.2, 0) is 0 Å². The molecular formula is C18H14Br4Cl4O2S. The number of hydrogen-bond acceptors (Lipinski definition) is 3. The molecule has 2 rings (SSSR count). The lowest BCUT2D eigenvalue weighted by Crippen LogP contribution is -2.12. The van der Waals surface area contributed by atoms with E-state index in [9.17, 15) is 0 Å². The number of halogens is 8. The zero-order valence-electron chi connectivity index (χ0n) is 14.5. The van der Waals surface area contributed by atoms with Gasteiger partial charge in [0.15, 0.2) is 11.5 Å². The Morgan fingerprint density at radius 2 is 1.00 bits per heavy atom. The Labute approximate surface area is 228 Å². The van der Waals surface area contributed by atoms with E-state index in [2.05, 4.69) is 63.7 Å². The van der Waals surface area contributed by atoms with E-state index >= 15 is 0 Å². The van der Waals surface area contributed by atoms with E-state index in [0.717, 1.165) is 20.5 Å². The van der Waals surface area contributed by atoms with Crippen LogP contribution in [0.3, 0.4) is 0 Å². The topological polar surface area (TPSA) is 18.5 Å². The summed E-state index contributed by atoms with van der Waals surface area (Å²) >= 11 is 40.6. The molecule has 0 fully saturated rings. The Hall–Kier alpha value is 1.47. The fraction of sp³-hybridized carbons (Fsp3) is 0.333. The van der Waals surface area contributed by atoms with Crippen LogP contribution in [0.1, 0.15) is 0 Å². The molecule has 0 aliphatic carbocycles. The maximum atomic E-state index is 6.37. The lowest BCUT2D eigenvalue weighted by Gasteiger charge is -2.15. The molecule has 0 bridgehead atoms. The van der Waals surface area contributed by atoms with Crippen molar-refractivity contribution in [1.82, 2.24) is 0 Å². The number of rotatable bonds is 10. The summed E-state index contributed by atoms with van der Waals surface area (Å²) in [6.07, 6.45) is 0. The van der Waals surface area contributed by atoms with Crippen molar-refractivity contribution in [3.05, 3.63) is 44.4 Å². The van der Waals surface area contributed by atoms with Crippen molar-refractivity contribution < 1.29 is 9.47 Å². The fourth-order valence-corrected chi connectivity index (χ4v) is 5.11. The smallest absolute Gasteiger partial charge is 0.156 e. The summed E-state index contributed by atoms with van der Waals surface area (Å²) in [5.41, 5.74) is 0. The third-order valence-corrected chi connectivity index (χ3v) is 9.87. The van der Waals surface area contributed by atoms with Crippen LogP contribution in [-0.4, -0.2) is 33.5 Å². The molecule has 2 aromatic rings. The molecule has 160 valence electrons. The van der Waals surface area contributed by atoms with E-state index in [1.54, 1.807) is 24.3 Å². The standard InChI is InChI=1S/C18H14Br4Cl4O2S/c19-5-9(21)7-27-17-13(23)1-11(2-14(17)24)29-12-3-15(25)18(16(26)4-12)28-8-10(22)6-20/h1-4,9-10H,5-8H2. The molecule has 0 spiro atoms. The molecule has 29 heavy (non-hydrogen) atoms. The average Bonchev–Trinajstić information content (AvgIpc) is 2.66. The molecule has 0 amide bonds. The van der Waals surface area contributed by atoms with Crippen LogP contribution in [0.4, 0.5) is 0 Å². The Kier molecular flexibility index (Phi) is 12.2. The van der Waals surface area contributed by atoms with Crippen molar-refractivity contribution in [3.8, 4) is 11.5 Å². The fourth-order valence-electron chi connectivity index (χ4n) is 2.04. The van der Waals surface area contributed by atoms with E-state index in [-0.39, 0.29) is 9.65 Å². The Morgan fingerprint density at radius 3 is 1.28 bits per heavy atom. The largest absolute Gasteiger partial charge is 0.489 e. The maximum Gasteiger partial charge on any atom is 0.156 e. The van der Waals surface area contributed by atoms with Crippen molar-refractivity contribution >= 4 is 122 Å². The SMILES string of the molecule is Clc1cc(Sc2cc(Cl)c(OCC(Br)CBr)c(Cl)c2)cc(Cl)c1OCC(Br)CBr. The first-order valence-corrected chi connectivity index (χ1v) is 14.5. The van der Waals surface area contributed by atoms with Gasteiger partial charge in [0.05, 0.1) is 29.7 Å². The third-order valence-electron chi connectivity index (χ3n) is 3.33. The van der Waals surface area contributed by atoms with Crippen LogP contribution in [0.25, 0.3) is 0 Å². The van der Waals surface area contributed by atoms with E-state index in [1.807, 2.05) is 0 Å². The predicted octanol–water partition coefficient (Wildman–Crippen LogP) is 9.53. The summed E-state index contributed by atoms with van der Waals surface area (Å²) < 4.78 is 11.4. The highest BCUT2D eigenvalue weighted by molar-refractivity contribution is 9.12. The van der Waals surface area contributed by atoms with Crippen LogP contribution in [0.15, 0.2) is 34.1 Å². The molecule has 0 saturated heterocycles. The Bertz CT molecular complexity index is 730. The van der Waals surface area contributed by atoms with Crippen LogP contribution < -0.4 is 9.47 Å². The Balaban J connectivity index is 2.15. The zero-order valence-corrected chi connectivity index (χ0v) is 24.7. The molecular weight excluding hydrogens is 742 g/mol. The molecule has 0 saturated carbocycles. The van der Waals surface area contributed by atoms with Crippen LogP contribution in [0.2, 0.25) is 20.1 Å². The third kappa shape index (κ3) is 8.39. The molecule has 0 aromatic heterocycles. The minimum Gasteiger partial charge on any atom is -0.489 e. The molecule has 0 N–H and O–H groups in total. The van der Waals surface area contributed by atoms with Gasteiger partial charge in [-0.1, -0.05) is 122 Å². The summed E-state index contributed by atoms with van der Waals surface area (Å²) in [5, 5.41) is 3.25. The summed E-state index contributed by atoms with van der Waals surface area (Å²) in [6.45, 7) is 0.877. The van der Waals surface area contributed by atoms with Gasteiger partial charge in [-0.05, 0) is 24.3 Å². The summed E-state index contributed by atoms with van der Waals surface area (Å²) in [6, 6.07) is 7.18. The second-order valence-corrected chi connectivity index (χ2v) is 12.3. The zero-order chi connectivity index (χ0) is 21.6. The van der Waals surface area contributed by atoms with E-state index in [1.165, 1.54) is 11.8 Å². The van der Waals surface area contributed by atoms with Gasteiger partial charge >= 0.3 is 0 Å². The highest BCUT2D eigenvalue weighted by Crippen LogP contribution is 2.43. The lowest BCUT2D eigenvalue weighted by molar-refractivity contribution is 0.325. The minimum absolute atomic E-state index is 0.156. The van der Waals surface area contributed by atoms with Crippen LogP contribution in [0, 0.1) is 0 Å². The predicted molar refractivity (Wildman–Crippen MR) is 141 cm³/mol. The summed E-state index contributed by atoms with van der Waals surface area (Å²) in [4.78, 5) is 1.98. The van der Waals surface area contributed by atoms with Crippen molar-refractivity contribution in [2.24, 2.45) is 0 Å². The van der Waals surface area contributed by atoms with Crippen molar-refractivity contribution in [3.63, 3.8) is 0 Å². The average molecular weight is 756 g/mol. The van der Waals surface area contributed by atoms with Gasteiger partial charge in [0.1, 0.15) is 13.2 Å². The molecule has 0 aliphatic heterocycles. The quantitative estimate of drug-likeness (QED) is 0.225. The highest BCUT2D eigenvalue weighted by Gasteiger charge is 2.15. The maximum absolute atomic E-state index is 6.37. The summed E-state index contributed by atoms with van der Waals surface area (Å²) in [7, 11) is 0. The van der Waals surface area contributed by atoms with Gasteiger partial charge in [-0.3, -0.25) is 0 Å². The minimum atomic E-state index is 0.156. The van der Waals surface area contributed by atoms with Gasteiger partial charge in [-0.2, -0.15) is 0 Å². The van der Waals surface area contributed by atoms with Gasteiger partial charge in [0.25, 0.3) is 0 Å². The first-order valence-electron chi connectivity index (χ1n) is 8.06. The van der Waals surface area contributed by atoms with Gasteiger partial charge < -0.3 is 9.47 Å². The second-order valence-electron chi connectivity index (χ2n) is 5.66. The second kappa shape index (κ2) is 13.2. The molecule has 0 radical (unpaired) electrons. The van der Waals surface area contributed by atoms with E-state index in [0.29, 0.717) is 44.8 Å². The molecule has 2 nitrogen and oxygen atoms in total. The number of benzene rings is 2. The Morgan fingerprint density at radius 1 is 0.690 bits per heavy atom. The molecule has 0 heterocycles. The molecule has 0 aliphatic rings. The monoisotopic (exact) mass is 750 g/mol. The van der Waals surface area contributed by atoms with Crippen LogP contribution >= 0.6 is 122 Å². The van der Waals surface area contributed by atoms with E-state index in [4.69, 9.17) is 55.9 Å². The van der Waals surface area contributed by atoms with Crippen molar-refractivity contribution in [2.45, 2.75) is 19.4 Å². The molecule has 2 unspecified atom stereocenters. The van der Waals surface area contributed by atoms with Crippen molar-refractivity contribution in [1.29, 1.82) is 0 Å². The molecule has 2 aromatic carbocycles. The number of hydrogen-bond donors (Lipinski definition) is 0. The van der Waals surface area contributed by atoms with Gasteiger partial charge in [0, 0.05) is 20.5 Å². The highest BCUT2D eigenvalue weighted by atomic mass is 79.9. The lowest BCUT2D eigenvalue weighted by atomic mass is 10.3. The number of alkyl halides is 4.